The van der Waals surface area contributed by atoms with Crippen molar-refractivity contribution in [1.82, 2.24) is 0 Å². The molecule has 0 spiro atoms. The zero-order valence-electron chi connectivity index (χ0n) is 30.9. The van der Waals surface area contributed by atoms with E-state index in [1.165, 1.54) is 13.0 Å². The van der Waals surface area contributed by atoms with E-state index >= 15 is 0 Å². The summed E-state index contributed by atoms with van der Waals surface area (Å²) < 4.78 is 0. The molecule has 5 aliphatic carbocycles. The van der Waals surface area contributed by atoms with Crippen LogP contribution in [0.15, 0.2) is 46.8 Å². The minimum atomic E-state index is -2.23. The van der Waals surface area contributed by atoms with E-state index in [-0.39, 0.29) is 35.7 Å². The first-order chi connectivity index (χ1) is 21.9. The monoisotopic (exact) mass is 670 g/mol. The number of fused-ring (bicyclic) bond motifs is 7. The number of allylic oxidation sites excluding steroid dienone is 4. The highest BCUT2D eigenvalue weighted by Crippen LogP contribution is 2.77. The highest BCUT2D eigenvalue weighted by atomic mass is 16.4. The summed E-state index contributed by atoms with van der Waals surface area (Å²) in [4.78, 5) is 11.9. The molecule has 0 heterocycles. The van der Waals surface area contributed by atoms with Gasteiger partial charge in [0.25, 0.3) is 0 Å². The van der Waals surface area contributed by atoms with E-state index in [1.54, 1.807) is 0 Å². The molecule has 3 fully saturated rings. The van der Waals surface area contributed by atoms with E-state index in [4.69, 9.17) is 0 Å². The lowest BCUT2D eigenvalue weighted by Crippen LogP contribution is -2.83. The summed E-state index contributed by atoms with van der Waals surface area (Å²) in [7, 11) is 0. The third-order valence-corrected chi connectivity index (χ3v) is 15.8. The van der Waals surface area contributed by atoms with Crippen LogP contribution in [-0.4, -0.2) is 71.7 Å². The van der Waals surface area contributed by atoms with Crippen LogP contribution in [0.4, 0.5) is 0 Å². The zero-order valence-corrected chi connectivity index (χ0v) is 30.9. The minimum Gasteiger partial charge on any atom is -0.512 e. The molecule has 2 unspecified atom stereocenters. The number of carboxylic acids is 1. The van der Waals surface area contributed by atoms with Crippen LogP contribution in [0.2, 0.25) is 0 Å². The maximum atomic E-state index is 13.2. The van der Waals surface area contributed by atoms with Gasteiger partial charge in [0.1, 0.15) is 11.2 Å². The summed E-state index contributed by atoms with van der Waals surface area (Å²) >= 11 is 0. The lowest BCUT2D eigenvalue weighted by atomic mass is 9.30. The van der Waals surface area contributed by atoms with Gasteiger partial charge in [-0.1, -0.05) is 77.8 Å². The van der Waals surface area contributed by atoms with Gasteiger partial charge < -0.3 is 35.7 Å². The molecule has 0 aromatic heterocycles. The summed E-state index contributed by atoms with van der Waals surface area (Å²) in [5.74, 6) is -1.01. The Morgan fingerprint density at radius 2 is 1.50 bits per heavy atom. The van der Waals surface area contributed by atoms with Gasteiger partial charge in [-0.25, -0.2) is 4.79 Å². The van der Waals surface area contributed by atoms with Gasteiger partial charge in [0, 0.05) is 16.4 Å². The van der Waals surface area contributed by atoms with Crippen molar-refractivity contribution in [2.45, 2.75) is 138 Å². The molecule has 0 aromatic rings. The Labute approximate surface area is 287 Å². The highest BCUT2D eigenvalue weighted by molar-refractivity contribution is 5.85. The number of rotatable bonds is 6. The topological polar surface area (TPSA) is 159 Å². The summed E-state index contributed by atoms with van der Waals surface area (Å²) in [6, 6.07) is 0. The SMILES string of the molecule is CC(C)=CC[C@@]1(O)C(C)(C)C[C@@H]2C3=CC[C@@H]4[C@@]5(C)CC=C(O)C(C)(C)C5CC[C@@]4(C)[C@]3(C)[C@@H](O)[C@@H](O)[C@@]2(CO)C1(O)C/C=C(\C)C(=O)O. The Balaban J connectivity index is 1.76. The van der Waals surface area contributed by atoms with Crippen molar-refractivity contribution >= 4 is 5.97 Å². The molecule has 0 radical (unpaired) electrons. The van der Waals surface area contributed by atoms with E-state index in [0.29, 0.717) is 25.0 Å². The predicted molar refractivity (Wildman–Crippen MR) is 186 cm³/mol. The molecule has 8 heteroatoms. The number of aliphatic carboxylic acids is 1. The van der Waals surface area contributed by atoms with Crippen LogP contribution in [0, 0.1) is 50.2 Å². The summed E-state index contributed by atoms with van der Waals surface area (Å²) in [5.41, 5.74) is -7.08. The zero-order chi connectivity index (χ0) is 36.3. The first-order valence-electron chi connectivity index (χ1n) is 18.0. The number of carboxylic acid groups (broad SMARTS) is 1. The van der Waals surface area contributed by atoms with Gasteiger partial charge in [-0.05, 0) is 106 Å². The average molecular weight is 671 g/mol. The molecule has 0 bridgehead atoms. The van der Waals surface area contributed by atoms with Gasteiger partial charge in [-0.2, -0.15) is 0 Å². The lowest BCUT2D eigenvalue weighted by Gasteiger charge is -2.75. The van der Waals surface area contributed by atoms with Crippen molar-refractivity contribution in [2.75, 3.05) is 6.61 Å². The number of hydrogen-bond donors (Lipinski definition) is 7. The average Bonchev–Trinajstić information content (AvgIpc) is 2.99. The fourth-order valence-corrected chi connectivity index (χ4v) is 12.5. The largest absolute Gasteiger partial charge is 0.512 e. The highest BCUT2D eigenvalue weighted by Gasteiger charge is 2.80. The quantitative estimate of drug-likeness (QED) is 0.129. The van der Waals surface area contributed by atoms with Gasteiger partial charge in [0.05, 0.1) is 30.0 Å². The van der Waals surface area contributed by atoms with E-state index in [9.17, 15) is 40.5 Å². The molecular formula is C40H62O8. The van der Waals surface area contributed by atoms with Crippen molar-refractivity contribution in [1.29, 1.82) is 0 Å². The summed E-state index contributed by atoms with van der Waals surface area (Å²) in [5, 5.41) is 83.6. The molecule has 0 aromatic carbocycles. The Morgan fingerprint density at radius 3 is 2.06 bits per heavy atom. The second-order valence-electron chi connectivity index (χ2n) is 18.5. The number of hydrogen-bond acceptors (Lipinski definition) is 7. The number of carbonyl (C=O) groups is 1. The second kappa shape index (κ2) is 11.3. The molecule has 11 atom stereocenters. The van der Waals surface area contributed by atoms with Crippen molar-refractivity contribution in [3.8, 4) is 0 Å². The van der Waals surface area contributed by atoms with Gasteiger partial charge in [0.15, 0.2) is 0 Å². The Kier molecular flexibility index (Phi) is 8.75. The van der Waals surface area contributed by atoms with Crippen LogP contribution >= 0.6 is 0 Å². The molecule has 8 nitrogen and oxygen atoms in total. The lowest BCUT2D eigenvalue weighted by molar-refractivity contribution is -0.352. The first-order valence-corrected chi connectivity index (χ1v) is 18.0. The predicted octanol–water partition coefficient (Wildman–Crippen LogP) is 6.23. The third-order valence-electron chi connectivity index (χ3n) is 15.8. The number of aliphatic hydroxyl groups is 6. The smallest absolute Gasteiger partial charge is 0.330 e. The van der Waals surface area contributed by atoms with Crippen molar-refractivity contribution < 1.29 is 40.5 Å². The molecule has 5 aliphatic rings. The van der Waals surface area contributed by atoms with Crippen molar-refractivity contribution in [3.05, 3.63) is 46.8 Å². The maximum absolute atomic E-state index is 13.2. The van der Waals surface area contributed by atoms with E-state index in [2.05, 4.69) is 40.7 Å². The van der Waals surface area contributed by atoms with E-state index in [0.717, 1.165) is 24.0 Å². The standard InChI is InChI=1S/C40H62O8/c1-23(2)13-19-39(47)33(4,5)21-26-25-11-12-28-35(8)17-16-29(42)34(6,7)27(35)15-18-36(28,9)37(25,10)30(43)31(44)38(26,22-41)40(39,48)20-14-24(3)32(45)46/h11,13-14,16,26-28,30-31,41-44,47-48H,12,15,17-22H2,1-10H3,(H,45,46)/b24-14+/t26-,27?,28-,30+,31-,35+,36-,37+,38+,39-,40?/m1/s1. The minimum absolute atomic E-state index is 0.0159. The van der Waals surface area contributed by atoms with Crippen LogP contribution in [0.5, 0.6) is 0 Å². The molecular weight excluding hydrogens is 608 g/mol. The molecule has 0 aliphatic heterocycles. The van der Waals surface area contributed by atoms with Crippen molar-refractivity contribution in [2.24, 2.45) is 50.2 Å². The fraction of sp³-hybridized carbons (Fsp3) is 0.775. The molecule has 48 heavy (non-hydrogen) atoms. The first kappa shape index (κ1) is 37.3. The van der Waals surface area contributed by atoms with E-state index < -0.39 is 69.0 Å². The third kappa shape index (κ3) is 4.34. The summed E-state index contributed by atoms with van der Waals surface area (Å²) in [6.45, 7) is 19.1. The molecule has 270 valence electrons. The normalized spacial score (nSPS) is 47.7. The number of aliphatic hydroxyl groups excluding tert-OH is 4. The van der Waals surface area contributed by atoms with Crippen LogP contribution in [0.3, 0.4) is 0 Å². The van der Waals surface area contributed by atoms with Gasteiger partial charge in [-0.3, -0.25) is 0 Å². The fourth-order valence-electron chi connectivity index (χ4n) is 12.5. The molecule has 7 N–H and O–H groups in total. The molecule has 3 saturated carbocycles. The van der Waals surface area contributed by atoms with Crippen molar-refractivity contribution in [3.63, 3.8) is 0 Å². The summed E-state index contributed by atoms with van der Waals surface area (Å²) in [6.07, 6.45) is 7.39. The Bertz CT molecular complexity index is 1470. The van der Waals surface area contributed by atoms with Crippen LogP contribution < -0.4 is 0 Å². The van der Waals surface area contributed by atoms with E-state index in [1.807, 2.05) is 39.8 Å². The van der Waals surface area contributed by atoms with Crippen LogP contribution in [0.25, 0.3) is 0 Å². The Morgan fingerprint density at radius 1 is 0.896 bits per heavy atom. The van der Waals surface area contributed by atoms with Gasteiger partial charge in [-0.15, -0.1) is 0 Å². The maximum Gasteiger partial charge on any atom is 0.330 e. The van der Waals surface area contributed by atoms with Crippen LogP contribution in [-0.2, 0) is 4.79 Å². The van der Waals surface area contributed by atoms with Gasteiger partial charge >= 0.3 is 5.97 Å². The van der Waals surface area contributed by atoms with Gasteiger partial charge in [0.2, 0.25) is 0 Å². The molecule has 0 saturated heterocycles. The van der Waals surface area contributed by atoms with Crippen LogP contribution in [0.1, 0.15) is 114 Å². The second-order valence-corrected chi connectivity index (χ2v) is 18.5. The molecule has 5 rings (SSSR count). The Hall–Kier alpha value is -1.97. The molecule has 0 amide bonds.